The molecule has 52 heavy (non-hydrogen) atoms. The van der Waals surface area contributed by atoms with Gasteiger partial charge in [0.25, 0.3) is 0 Å². The maximum atomic E-state index is 13.1. The Labute approximate surface area is 300 Å². The number of amides is 3. The van der Waals surface area contributed by atoms with Crippen LogP contribution in [0.5, 0.6) is 0 Å². The zero-order valence-corrected chi connectivity index (χ0v) is 30.0. The second kappa shape index (κ2) is 15.3. The molecule has 0 saturated carbocycles. The van der Waals surface area contributed by atoms with E-state index in [2.05, 4.69) is 76.1 Å². The minimum atomic E-state index is -0.702. The van der Waals surface area contributed by atoms with Crippen LogP contribution in [0.25, 0.3) is 44.3 Å². The Kier molecular flexibility index (Phi) is 10.6. The second-order valence-corrected chi connectivity index (χ2v) is 13.2. The van der Waals surface area contributed by atoms with Gasteiger partial charge >= 0.3 is 12.1 Å². The normalized spacial score (nSPS) is 18.2. The number of likely N-dealkylation sites (tertiary alicyclic amines) is 2. The van der Waals surface area contributed by atoms with Crippen LogP contribution < -0.4 is 11.1 Å². The number of rotatable bonds is 7. The number of aromatic amines is 3. The molecule has 0 radical (unpaired) electrons. The van der Waals surface area contributed by atoms with E-state index in [-0.39, 0.29) is 29.9 Å². The molecule has 6 N–H and O–H groups in total. The van der Waals surface area contributed by atoms with Gasteiger partial charge in [0, 0.05) is 52.9 Å². The van der Waals surface area contributed by atoms with Gasteiger partial charge in [-0.25, -0.2) is 14.8 Å². The lowest BCUT2D eigenvalue weighted by molar-refractivity contribution is -0.138. The monoisotopic (exact) mass is 711 g/mol. The van der Waals surface area contributed by atoms with Crippen molar-refractivity contribution in [2.24, 2.45) is 5.73 Å². The van der Waals surface area contributed by atoms with Crippen molar-refractivity contribution < 1.29 is 28.7 Å². The van der Waals surface area contributed by atoms with E-state index in [1.54, 1.807) is 24.9 Å². The summed E-state index contributed by atoms with van der Waals surface area (Å²) in [5.41, 5.74) is 11.6. The first kappa shape index (κ1) is 36.1. The molecule has 15 heteroatoms. The van der Waals surface area contributed by atoms with E-state index in [1.165, 1.54) is 21.1 Å². The maximum absolute atomic E-state index is 13.1. The van der Waals surface area contributed by atoms with Crippen molar-refractivity contribution in [3.8, 4) is 22.5 Å². The molecular weight excluding hydrogens is 666 g/mol. The topological polar surface area (TPSA) is 204 Å². The van der Waals surface area contributed by atoms with Gasteiger partial charge in [-0.3, -0.25) is 14.4 Å². The Morgan fingerprint density at radius 3 is 1.71 bits per heavy atom. The number of carbonyl (C=O) groups is 4. The molecule has 15 nitrogen and oxygen atoms in total. The third-order valence-electron chi connectivity index (χ3n) is 9.68. The van der Waals surface area contributed by atoms with Crippen LogP contribution in [-0.2, 0) is 23.9 Å². The average Bonchev–Trinajstić information content (AvgIpc) is 3.98. The van der Waals surface area contributed by atoms with Gasteiger partial charge in [0.15, 0.2) is 0 Å². The summed E-state index contributed by atoms with van der Waals surface area (Å²) in [5.74, 6) is 1.04. The summed E-state index contributed by atoms with van der Waals surface area (Å²) in [6.45, 7) is 6.03. The molecule has 7 rings (SSSR count). The van der Waals surface area contributed by atoms with Crippen molar-refractivity contribution in [1.82, 2.24) is 40.0 Å². The zero-order chi connectivity index (χ0) is 37.1. The van der Waals surface area contributed by atoms with Gasteiger partial charge in [-0.05, 0) is 51.7 Å². The lowest BCUT2D eigenvalue weighted by Gasteiger charge is -2.26. The predicted octanol–water partition coefficient (Wildman–Crippen LogP) is 4.70. The second-order valence-electron chi connectivity index (χ2n) is 13.2. The van der Waals surface area contributed by atoms with Crippen molar-refractivity contribution in [1.29, 1.82) is 0 Å². The van der Waals surface area contributed by atoms with Crippen LogP contribution in [0, 0.1) is 0 Å². The Bertz CT molecular complexity index is 2100. The molecule has 2 fully saturated rings. The van der Waals surface area contributed by atoms with Crippen LogP contribution in [0.1, 0.15) is 70.2 Å². The molecule has 3 aromatic heterocycles. The quantitative estimate of drug-likeness (QED) is 0.148. The summed E-state index contributed by atoms with van der Waals surface area (Å²) in [7, 11) is 2.62. The van der Waals surface area contributed by atoms with Crippen molar-refractivity contribution in [3.05, 3.63) is 60.4 Å². The van der Waals surface area contributed by atoms with Crippen molar-refractivity contribution in [2.45, 2.75) is 70.6 Å². The molecule has 2 aliphatic heterocycles. The van der Waals surface area contributed by atoms with Crippen LogP contribution >= 0.6 is 0 Å². The number of nitrogens with one attached hydrogen (secondary N) is 4. The van der Waals surface area contributed by atoms with Gasteiger partial charge < -0.3 is 45.3 Å². The Morgan fingerprint density at radius 1 is 0.788 bits per heavy atom. The van der Waals surface area contributed by atoms with Gasteiger partial charge in [0.1, 0.15) is 17.7 Å². The first-order valence-corrected chi connectivity index (χ1v) is 17.4. The fourth-order valence-corrected chi connectivity index (χ4v) is 6.99. The third kappa shape index (κ3) is 7.35. The predicted molar refractivity (Wildman–Crippen MR) is 195 cm³/mol. The summed E-state index contributed by atoms with van der Waals surface area (Å²) in [6.07, 6.45) is 6.42. The number of H-pyrrole nitrogens is 3. The molecule has 0 bridgehead atoms. The molecule has 274 valence electrons. The lowest BCUT2D eigenvalue weighted by Crippen LogP contribution is -2.46. The number of benzene rings is 2. The summed E-state index contributed by atoms with van der Waals surface area (Å²) in [5, 5.41) is 4.78. The Hall–Kier alpha value is -5.70. The Balaban J connectivity index is 0.000000870. The number of hydrogen-bond acceptors (Lipinski definition) is 9. The first-order chi connectivity index (χ1) is 25.0. The molecule has 5 heterocycles. The number of nitrogens with two attached hydrogens (primary N) is 1. The summed E-state index contributed by atoms with van der Waals surface area (Å²) in [4.78, 5) is 70.4. The number of nitrogens with zero attached hydrogens (tertiary/aromatic N) is 4. The molecule has 2 aliphatic rings. The number of carbonyl (C=O) groups excluding carboxylic acids is 4. The molecule has 5 aromatic rings. The number of ether oxygens (including phenoxy) is 2. The van der Waals surface area contributed by atoms with Crippen LogP contribution in [0.15, 0.2) is 48.8 Å². The number of alkyl carbamates (subject to hydrolysis) is 1. The van der Waals surface area contributed by atoms with E-state index in [0.29, 0.717) is 13.1 Å². The zero-order valence-electron chi connectivity index (χ0n) is 30.0. The van der Waals surface area contributed by atoms with Crippen LogP contribution in [0.2, 0.25) is 0 Å². The number of esters is 1. The highest BCUT2D eigenvalue weighted by Crippen LogP contribution is 2.36. The van der Waals surface area contributed by atoms with E-state index < -0.39 is 18.2 Å². The molecule has 3 amide bonds. The number of imidazole rings is 2. The summed E-state index contributed by atoms with van der Waals surface area (Å²) in [6, 6.07) is 11.1. The molecule has 4 atom stereocenters. The number of aromatic nitrogens is 5. The van der Waals surface area contributed by atoms with Gasteiger partial charge in [-0.1, -0.05) is 24.3 Å². The molecule has 0 spiro atoms. The van der Waals surface area contributed by atoms with Crippen molar-refractivity contribution in [3.63, 3.8) is 0 Å². The number of fused-ring (bicyclic) bond motifs is 3. The highest BCUT2D eigenvalue weighted by molar-refractivity contribution is 6.09. The summed E-state index contributed by atoms with van der Waals surface area (Å²) >= 11 is 0. The lowest BCUT2D eigenvalue weighted by atomic mass is 10.1. The van der Waals surface area contributed by atoms with E-state index in [4.69, 9.17) is 5.73 Å². The third-order valence-corrected chi connectivity index (χ3v) is 9.68. The van der Waals surface area contributed by atoms with Gasteiger partial charge in [-0.15, -0.1) is 0 Å². The smallest absolute Gasteiger partial charge is 0.407 e. The number of methoxy groups -OCH3 is 2. The van der Waals surface area contributed by atoms with Crippen molar-refractivity contribution in [2.75, 3.05) is 27.3 Å². The van der Waals surface area contributed by atoms with Gasteiger partial charge in [0.05, 0.1) is 56.1 Å². The van der Waals surface area contributed by atoms with E-state index >= 15 is 0 Å². The molecule has 0 unspecified atom stereocenters. The highest BCUT2D eigenvalue weighted by atomic mass is 16.5. The molecular formula is C37H45N9O6. The molecule has 0 aliphatic carbocycles. The minimum Gasteiger partial charge on any atom is -0.469 e. The van der Waals surface area contributed by atoms with E-state index in [0.717, 1.165) is 81.7 Å². The molecule has 2 saturated heterocycles. The first-order valence-electron chi connectivity index (χ1n) is 17.4. The largest absolute Gasteiger partial charge is 0.469 e. The van der Waals surface area contributed by atoms with Crippen LogP contribution in [-0.4, -0.2) is 98.0 Å². The fourth-order valence-electron chi connectivity index (χ4n) is 6.99. The van der Waals surface area contributed by atoms with Gasteiger partial charge in [-0.2, -0.15) is 0 Å². The average molecular weight is 712 g/mol. The van der Waals surface area contributed by atoms with E-state index in [9.17, 15) is 19.2 Å². The Morgan fingerprint density at radius 2 is 1.27 bits per heavy atom. The maximum Gasteiger partial charge on any atom is 0.407 e. The SMILES string of the molecule is COC(=O)N[C@@H](C)C(=O)N1CCC[C@H]1c1ncc(-c2ccc3c(c2)[nH]c2cc(-c4cnc([C@@H]5CCCN5C(=O)[C@H](C)N)[nH]4)ccc23)[nH]1.COC(C)=O. The highest BCUT2D eigenvalue weighted by Gasteiger charge is 2.35. The molecule has 2 aromatic carbocycles. The van der Waals surface area contributed by atoms with E-state index in [1.807, 2.05) is 11.1 Å². The van der Waals surface area contributed by atoms with Crippen LogP contribution in [0.4, 0.5) is 4.79 Å². The van der Waals surface area contributed by atoms with Gasteiger partial charge in [0.2, 0.25) is 11.8 Å². The van der Waals surface area contributed by atoms with Crippen LogP contribution in [0.3, 0.4) is 0 Å². The summed E-state index contributed by atoms with van der Waals surface area (Å²) < 4.78 is 8.76. The fraction of sp³-hybridized carbons (Fsp3) is 0.405. The standard InChI is InChI=1S/C34H39N9O4.C3H6O2/c1-18(35)32(44)42-12-4-6-28(42)30-36-16-26(40-30)20-8-10-22-23-11-9-21(15-25(23)39-24(22)14-20)27-17-37-31(41-27)29-7-5-13-43(29)33(45)19(2)38-34(46)47-3;1-3(4)5-2/h8-11,14-19,28-29,39H,4-7,12-13,35H2,1-3H3,(H,36,40)(H,37,41)(H,38,46);1-2H3/t18-,19-,28-,29-;/m0./s1. The minimum absolute atomic E-state index is 0.0501. The van der Waals surface area contributed by atoms with Crippen molar-refractivity contribution >= 4 is 45.7 Å². The number of hydrogen-bond donors (Lipinski definition) is 5.